The van der Waals surface area contributed by atoms with Gasteiger partial charge < -0.3 is 4.52 Å². The van der Waals surface area contributed by atoms with Gasteiger partial charge in [0, 0.05) is 6.07 Å². The lowest BCUT2D eigenvalue weighted by Crippen LogP contribution is -1.75. The summed E-state index contributed by atoms with van der Waals surface area (Å²) in [7, 11) is 0. The number of alkyl halides is 1. The van der Waals surface area contributed by atoms with Gasteiger partial charge in [-0.3, -0.25) is 0 Å². The third kappa shape index (κ3) is 1.45. The molecule has 1 heterocycles. The molecule has 0 saturated heterocycles. The van der Waals surface area contributed by atoms with E-state index >= 15 is 0 Å². The van der Waals surface area contributed by atoms with Gasteiger partial charge in [0.2, 0.25) is 0 Å². The molecule has 0 radical (unpaired) electrons. The third-order valence-electron chi connectivity index (χ3n) is 1.04. The van der Waals surface area contributed by atoms with Crippen LogP contribution >= 0.6 is 11.6 Å². The fraction of sp³-hybridized carbons (Fsp3) is 0.500. The summed E-state index contributed by atoms with van der Waals surface area (Å²) in [5.41, 5.74) is 0.873. The standard InChI is InChI=1S/C6H8ClNO/c1-4-3-6(5(2)7)9-8-4/h3,5H,1-2H3. The van der Waals surface area contributed by atoms with Crippen molar-refractivity contribution in [1.29, 1.82) is 0 Å². The van der Waals surface area contributed by atoms with E-state index in [0.717, 1.165) is 11.5 Å². The van der Waals surface area contributed by atoms with Gasteiger partial charge in [-0.25, -0.2) is 0 Å². The lowest BCUT2D eigenvalue weighted by Gasteiger charge is -1.90. The molecule has 0 N–H and O–H groups in total. The highest BCUT2D eigenvalue weighted by Crippen LogP contribution is 2.18. The van der Waals surface area contributed by atoms with Crippen molar-refractivity contribution >= 4 is 11.6 Å². The molecule has 0 amide bonds. The molecule has 9 heavy (non-hydrogen) atoms. The van der Waals surface area contributed by atoms with E-state index < -0.39 is 0 Å². The number of aromatic nitrogens is 1. The van der Waals surface area contributed by atoms with Gasteiger partial charge in [0.1, 0.15) is 0 Å². The molecule has 0 bridgehead atoms. The predicted octanol–water partition coefficient (Wildman–Crippen LogP) is 2.28. The Morgan fingerprint density at radius 3 is 2.67 bits per heavy atom. The Morgan fingerprint density at radius 2 is 2.44 bits per heavy atom. The molecule has 1 atom stereocenters. The summed E-state index contributed by atoms with van der Waals surface area (Å²) in [4.78, 5) is 0. The van der Waals surface area contributed by atoms with Gasteiger partial charge in [0.25, 0.3) is 0 Å². The molecule has 0 aromatic carbocycles. The van der Waals surface area contributed by atoms with Crippen LogP contribution in [0.3, 0.4) is 0 Å². The van der Waals surface area contributed by atoms with Gasteiger partial charge in [-0.2, -0.15) is 0 Å². The van der Waals surface area contributed by atoms with Crippen LogP contribution in [-0.4, -0.2) is 5.16 Å². The van der Waals surface area contributed by atoms with E-state index in [1.165, 1.54) is 0 Å². The molecule has 1 unspecified atom stereocenters. The molecule has 0 aliphatic rings. The number of hydrogen-bond donors (Lipinski definition) is 0. The SMILES string of the molecule is Cc1cc(C(C)Cl)on1. The van der Waals surface area contributed by atoms with Crippen LogP contribution in [0.15, 0.2) is 10.6 Å². The van der Waals surface area contributed by atoms with Crippen molar-refractivity contribution in [2.45, 2.75) is 19.2 Å². The monoisotopic (exact) mass is 145 g/mol. The third-order valence-corrected chi connectivity index (χ3v) is 1.25. The Morgan fingerprint density at radius 1 is 1.78 bits per heavy atom. The first kappa shape index (κ1) is 6.62. The quantitative estimate of drug-likeness (QED) is 0.567. The van der Waals surface area contributed by atoms with Gasteiger partial charge in [0.15, 0.2) is 5.76 Å². The number of rotatable bonds is 1. The number of aryl methyl sites for hydroxylation is 1. The smallest absolute Gasteiger partial charge is 0.154 e. The zero-order valence-corrected chi connectivity index (χ0v) is 6.14. The van der Waals surface area contributed by atoms with E-state index in [1.54, 1.807) is 0 Å². The minimum atomic E-state index is -0.0776. The zero-order valence-electron chi connectivity index (χ0n) is 5.39. The van der Waals surface area contributed by atoms with Gasteiger partial charge >= 0.3 is 0 Å². The second kappa shape index (κ2) is 2.40. The molecule has 2 nitrogen and oxygen atoms in total. The molecular formula is C6H8ClNO. The molecule has 0 aliphatic heterocycles. The summed E-state index contributed by atoms with van der Waals surface area (Å²) in [6.45, 7) is 3.72. The van der Waals surface area contributed by atoms with Gasteiger partial charge in [0.05, 0.1) is 11.1 Å². The van der Waals surface area contributed by atoms with Crippen LogP contribution in [0.5, 0.6) is 0 Å². The van der Waals surface area contributed by atoms with E-state index in [9.17, 15) is 0 Å². The average molecular weight is 146 g/mol. The maximum absolute atomic E-state index is 5.68. The van der Waals surface area contributed by atoms with Crippen LogP contribution in [-0.2, 0) is 0 Å². The lowest BCUT2D eigenvalue weighted by molar-refractivity contribution is 0.380. The first-order chi connectivity index (χ1) is 4.20. The van der Waals surface area contributed by atoms with Crippen molar-refractivity contribution in [3.05, 3.63) is 17.5 Å². The number of hydrogen-bond acceptors (Lipinski definition) is 2. The summed E-state index contributed by atoms with van der Waals surface area (Å²) in [5.74, 6) is 0.731. The molecule has 0 saturated carbocycles. The summed E-state index contributed by atoms with van der Waals surface area (Å²) >= 11 is 5.68. The van der Waals surface area contributed by atoms with Crippen molar-refractivity contribution < 1.29 is 4.52 Å². The zero-order chi connectivity index (χ0) is 6.85. The van der Waals surface area contributed by atoms with E-state index in [1.807, 2.05) is 19.9 Å². The van der Waals surface area contributed by atoms with Gasteiger partial charge in [-0.05, 0) is 13.8 Å². The summed E-state index contributed by atoms with van der Waals surface area (Å²) in [5, 5.41) is 3.60. The van der Waals surface area contributed by atoms with Crippen molar-refractivity contribution in [3.8, 4) is 0 Å². The average Bonchev–Trinajstić information content (AvgIpc) is 2.14. The molecule has 1 rings (SSSR count). The van der Waals surface area contributed by atoms with Crippen molar-refractivity contribution in [2.24, 2.45) is 0 Å². The first-order valence-electron chi connectivity index (χ1n) is 2.77. The second-order valence-corrected chi connectivity index (χ2v) is 2.64. The maximum atomic E-state index is 5.68. The fourth-order valence-electron chi connectivity index (χ4n) is 0.571. The maximum Gasteiger partial charge on any atom is 0.154 e. The molecule has 0 fully saturated rings. The summed E-state index contributed by atoms with van der Waals surface area (Å²) in [6.07, 6.45) is 0. The van der Waals surface area contributed by atoms with Gasteiger partial charge in [-0.1, -0.05) is 5.16 Å². The van der Waals surface area contributed by atoms with E-state index in [-0.39, 0.29) is 5.38 Å². The Hall–Kier alpha value is -0.500. The highest BCUT2D eigenvalue weighted by atomic mass is 35.5. The highest BCUT2D eigenvalue weighted by molar-refractivity contribution is 6.20. The largest absolute Gasteiger partial charge is 0.360 e. The predicted molar refractivity (Wildman–Crippen MR) is 35.5 cm³/mol. The molecule has 1 aromatic rings. The number of halogens is 1. The summed E-state index contributed by atoms with van der Waals surface area (Å²) < 4.78 is 4.84. The minimum absolute atomic E-state index is 0.0776. The van der Waals surface area contributed by atoms with Crippen molar-refractivity contribution in [1.82, 2.24) is 5.16 Å². The Balaban J connectivity index is 2.85. The second-order valence-electron chi connectivity index (χ2n) is 1.99. The molecule has 0 spiro atoms. The van der Waals surface area contributed by atoms with Crippen LogP contribution in [0.4, 0.5) is 0 Å². The molecule has 1 aromatic heterocycles. The minimum Gasteiger partial charge on any atom is -0.360 e. The van der Waals surface area contributed by atoms with Crippen LogP contribution < -0.4 is 0 Å². The topological polar surface area (TPSA) is 26.0 Å². The Labute approximate surface area is 58.8 Å². The van der Waals surface area contributed by atoms with Crippen LogP contribution in [0, 0.1) is 6.92 Å². The van der Waals surface area contributed by atoms with Crippen LogP contribution in [0.1, 0.15) is 23.8 Å². The molecule has 3 heteroatoms. The fourth-order valence-corrected chi connectivity index (χ4v) is 0.674. The van der Waals surface area contributed by atoms with E-state index in [0.29, 0.717) is 0 Å². The van der Waals surface area contributed by atoms with Crippen LogP contribution in [0.2, 0.25) is 0 Å². The number of nitrogens with zero attached hydrogens (tertiary/aromatic N) is 1. The van der Waals surface area contributed by atoms with Crippen molar-refractivity contribution in [2.75, 3.05) is 0 Å². The first-order valence-corrected chi connectivity index (χ1v) is 3.21. The molecule has 50 valence electrons. The molecular weight excluding hydrogens is 138 g/mol. The van der Waals surface area contributed by atoms with Crippen LogP contribution in [0.25, 0.3) is 0 Å². The summed E-state index contributed by atoms with van der Waals surface area (Å²) in [6, 6.07) is 1.83. The highest BCUT2D eigenvalue weighted by Gasteiger charge is 2.05. The van der Waals surface area contributed by atoms with E-state index in [2.05, 4.69) is 5.16 Å². The van der Waals surface area contributed by atoms with Gasteiger partial charge in [-0.15, -0.1) is 11.6 Å². The molecule has 0 aliphatic carbocycles. The Bertz CT molecular complexity index is 195. The normalized spacial score (nSPS) is 13.7. The Kier molecular flexibility index (Phi) is 1.76. The lowest BCUT2D eigenvalue weighted by atomic mass is 10.3. The van der Waals surface area contributed by atoms with E-state index in [4.69, 9.17) is 16.1 Å². The van der Waals surface area contributed by atoms with Crippen molar-refractivity contribution in [3.63, 3.8) is 0 Å².